The molecular weight excluding hydrogens is 468 g/mol. The molecule has 0 N–H and O–H groups in total. The minimum Gasteiger partial charge on any atom is -0.424 e. The summed E-state index contributed by atoms with van der Waals surface area (Å²) in [6, 6.07) is 6.01. The van der Waals surface area contributed by atoms with Crippen LogP contribution in [0.3, 0.4) is 0 Å². The fraction of sp³-hybridized carbons (Fsp3) is 0.741. The van der Waals surface area contributed by atoms with E-state index in [2.05, 4.69) is 27.7 Å². The highest BCUT2D eigenvalue weighted by Crippen LogP contribution is 2.34. The van der Waals surface area contributed by atoms with Gasteiger partial charge >= 0.3 is 5.97 Å². The van der Waals surface area contributed by atoms with Crippen molar-refractivity contribution in [2.24, 2.45) is 0 Å². The zero-order valence-corrected chi connectivity index (χ0v) is 22.8. The smallest absolute Gasteiger partial charge is 0.337 e. The number of benzene rings is 1. The van der Waals surface area contributed by atoms with Gasteiger partial charge in [0.15, 0.2) is 0 Å². The summed E-state index contributed by atoms with van der Waals surface area (Å²) in [5.41, 5.74) is 2.05. The Balaban J connectivity index is 1.98. The highest BCUT2D eigenvalue weighted by molar-refractivity contribution is 5.74. The van der Waals surface area contributed by atoms with Crippen LogP contribution in [0.4, 0.5) is 0 Å². The van der Waals surface area contributed by atoms with Gasteiger partial charge in [-0.05, 0) is 23.0 Å². The monoisotopic (exact) mass is 514 g/mol. The largest absolute Gasteiger partial charge is 0.424 e. The normalized spacial score (nSPS) is 11.5. The first-order valence-corrected chi connectivity index (χ1v) is 12.8. The van der Waals surface area contributed by atoms with Crippen LogP contribution in [0.5, 0.6) is 5.75 Å². The van der Waals surface area contributed by atoms with Gasteiger partial charge in [0.2, 0.25) is 0 Å². The molecule has 0 aliphatic carbocycles. The molecule has 0 aromatic heterocycles. The molecule has 0 amide bonds. The molecule has 0 heterocycles. The Hall–Kier alpha value is -1.59. The molecule has 0 radical (unpaired) electrons. The SMILES string of the molecule is COCCOCCOCCOCCOCCOCCOCC(=O)Oc1c(C(C)C)cccc1C(C)C. The number of rotatable bonds is 23. The molecule has 1 aromatic carbocycles. The fourth-order valence-electron chi connectivity index (χ4n) is 3.14. The standard InChI is InChI=1S/C27H46O9/c1-22(2)24-7-6-8-25(23(3)4)27(24)36-26(28)21-35-20-19-34-18-17-33-16-15-32-14-13-31-12-11-30-10-9-29-5/h6-8,22-23H,9-21H2,1-5H3. The average molecular weight is 515 g/mol. The van der Waals surface area contributed by atoms with Gasteiger partial charge in [0.1, 0.15) is 12.4 Å². The minimum atomic E-state index is -0.408. The molecule has 36 heavy (non-hydrogen) atoms. The molecule has 0 aliphatic heterocycles. The Morgan fingerprint density at radius 2 is 0.972 bits per heavy atom. The van der Waals surface area contributed by atoms with Crippen LogP contribution in [-0.4, -0.2) is 99.0 Å². The number of esters is 1. The number of para-hydroxylation sites is 1. The Kier molecular flexibility index (Phi) is 19.4. The van der Waals surface area contributed by atoms with Crippen LogP contribution in [0.2, 0.25) is 0 Å². The second-order valence-corrected chi connectivity index (χ2v) is 8.66. The lowest BCUT2D eigenvalue weighted by Gasteiger charge is -2.18. The van der Waals surface area contributed by atoms with Crippen LogP contribution >= 0.6 is 0 Å². The molecule has 9 heteroatoms. The molecule has 0 aliphatic rings. The van der Waals surface area contributed by atoms with E-state index in [4.69, 9.17) is 37.9 Å². The van der Waals surface area contributed by atoms with Crippen molar-refractivity contribution in [3.8, 4) is 5.75 Å². The lowest BCUT2D eigenvalue weighted by molar-refractivity contribution is -0.140. The summed E-state index contributed by atoms with van der Waals surface area (Å²) in [6.45, 7) is 14.1. The number of hydrogen-bond donors (Lipinski definition) is 0. The molecule has 1 rings (SSSR count). The number of carbonyl (C=O) groups is 1. The summed E-state index contributed by atoms with van der Waals surface area (Å²) < 4.78 is 43.0. The second kappa shape index (κ2) is 21.5. The lowest BCUT2D eigenvalue weighted by Crippen LogP contribution is -2.20. The zero-order valence-electron chi connectivity index (χ0n) is 22.8. The van der Waals surface area contributed by atoms with Crippen molar-refractivity contribution in [1.29, 1.82) is 0 Å². The van der Waals surface area contributed by atoms with Gasteiger partial charge in [0.05, 0.1) is 79.3 Å². The summed E-state index contributed by atoms with van der Waals surface area (Å²) in [6.07, 6.45) is 0. The number of ether oxygens (including phenoxy) is 8. The third-order valence-corrected chi connectivity index (χ3v) is 5.05. The minimum absolute atomic E-state index is 0.119. The lowest BCUT2D eigenvalue weighted by atomic mass is 9.94. The van der Waals surface area contributed by atoms with Crippen LogP contribution < -0.4 is 4.74 Å². The van der Waals surface area contributed by atoms with Gasteiger partial charge in [0, 0.05) is 7.11 Å². The van der Waals surface area contributed by atoms with Crippen molar-refractivity contribution in [3.05, 3.63) is 29.3 Å². The van der Waals surface area contributed by atoms with E-state index >= 15 is 0 Å². The van der Waals surface area contributed by atoms with E-state index in [1.54, 1.807) is 7.11 Å². The van der Waals surface area contributed by atoms with Crippen LogP contribution in [0.15, 0.2) is 18.2 Å². The molecule has 1 aromatic rings. The van der Waals surface area contributed by atoms with Crippen molar-refractivity contribution in [1.82, 2.24) is 0 Å². The van der Waals surface area contributed by atoms with Crippen molar-refractivity contribution in [2.75, 3.05) is 93.0 Å². The Labute approximate surface area is 216 Å². The van der Waals surface area contributed by atoms with Crippen molar-refractivity contribution < 1.29 is 42.7 Å². The van der Waals surface area contributed by atoms with Crippen molar-refractivity contribution in [2.45, 2.75) is 39.5 Å². The van der Waals surface area contributed by atoms with Gasteiger partial charge in [-0.3, -0.25) is 0 Å². The van der Waals surface area contributed by atoms with E-state index in [-0.39, 0.29) is 18.4 Å². The molecule has 0 spiro atoms. The number of methoxy groups -OCH3 is 1. The van der Waals surface area contributed by atoms with Crippen LogP contribution in [0, 0.1) is 0 Å². The topological polar surface area (TPSA) is 90.9 Å². The summed E-state index contributed by atoms with van der Waals surface area (Å²) in [5, 5.41) is 0. The van der Waals surface area contributed by atoms with Gasteiger partial charge in [-0.25, -0.2) is 4.79 Å². The predicted molar refractivity (Wildman–Crippen MR) is 137 cm³/mol. The maximum atomic E-state index is 12.3. The van der Waals surface area contributed by atoms with Gasteiger partial charge in [0.25, 0.3) is 0 Å². The van der Waals surface area contributed by atoms with E-state index in [0.717, 1.165) is 11.1 Å². The van der Waals surface area contributed by atoms with E-state index in [1.165, 1.54) is 0 Å². The third kappa shape index (κ3) is 15.5. The van der Waals surface area contributed by atoms with E-state index < -0.39 is 5.97 Å². The molecular formula is C27H46O9. The fourth-order valence-corrected chi connectivity index (χ4v) is 3.14. The average Bonchev–Trinajstić information content (AvgIpc) is 2.85. The van der Waals surface area contributed by atoms with Crippen molar-refractivity contribution in [3.63, 3.8) is 0 Å². The Bertz CT molecular complexity index is 653. The Morgan fingerprint density at radius 1 is 0.611 bits per heavy atom. The molecule has 9 nitrogen and oxygen atoms in total. The molecule has 208 valence electrons. The Morgan fingerprint density at radius 3 is 1.33 bits per heavy atom. The quantitative estimate of drug-likeness (QED) is 0.123. The molecule has 0 atom stereocenters. The number of hydrogen-bond acceptors (Lipinski definition) is 9. The first-order valence-electron chi connectivity index (χ1n) is 12.8. The highest BCUT2D eigenvalue weighted by Gasteiger charge is 2.18. The third-order valence-electron chi connectivity index (χ3n) is 5.05. The molecule has 0 saturated carbocycles. The molecule has 0 bridgehead atoms. The van der Waals surface area contributed by atoms with Crippen LogP contribution in [-0.2, 0) is 38.0 Å². The summed E-state index contributed by atoms with van der Waals surface area (Å²) in [7, 11) is 1.64. The maximum Gasteiger partial charge on any atom is 0.337 e. The zero-order chi connectivity index (χ0) is 26.4. The summed E-state index contributed by atoms with van der Waals surface area (Å²) in [5.74, 6) is 0.759. The van der Waals surface area contributed by atoms with Gasteiger partial charge in [-0.15, -0.1) is 0 Å². The van der Waals surface area contributed by atoms with Gasteiger partial charge in [-0.2, -0.15) is 0 Å². The van der Waals surface area contributed by atoms with Crippen LogP contribution in [0.25, 0.3) is 0 Å². The number of carbonyl (C=O) groups excluding carboxylic acids is 1. The van der Waals surface area contributed by atoms with E-state index in [0.29, 0.717) is 85.0 Å². The summed E-state index contributed by atoms with van der Waals surface area (Å²) >= 11 is 0. The molecule has 0 fully saturated rings. The maximum absolute atomic E-state index is 12.3. The predicted octanol–water partition coefficient (Wildman–Crippen LogP) is 3.58. The highest BCUT2D eigenvalue weighted by atomic mass is 16.6. The summed E-state index contributed by atoms with van der Waals surface area (Å²) in [4.78, 5) is 12.3. The molecule has 0 unspecified atom stereocenters. The second-order valence-electron chi connectivity index (χ2n) is 8.66. The van der Waals surface area contributed by atoms with E-state index in [1.807, 2.05) is 18.2 Å². The van der Waals surface area contributed by atoms with Gasteiger partial charge in [-0.1, -0.05) is 45.9 Å². The van der Waals surface area contributed by atoms with Crippen molar-refractivity contribution >= 4 is 5.97 Å². The van der Waals surface area contributed by atoms with Gasteiger partial charge < -0.3 is 37.9 Å². The first-order chi connectivity index (χ1) is 17.5. The van der Waals surface area contributed by atoms with Crippen LogP contribution in [0.1, 0.15) is 50.7 Å². The first kappa shape index (κ1) is 32.4. The molecule has 0 saturated heterocycles. The van der Waals surface area contributed by atoms with E-state index in [9.17, 15) is 4.79 Å².